The molecule has 23 heavy (non-hydrogen) atoms. The minimum atomic E-state index is -1.03. The van der Waals surface area contributed by atoms with E-state index in [1.807, 2.05) is 18.2 Å². The molecule has 0 amide bonds. The topological polar surface area (TPSA) is 103 Å². The van der Waals surface area contributed by atoms with Crippen LogP contribution in [0.1, 0.15) is 12.6 Å². The van der Waals surface area contributed by atoms with Crippen LogP contribution in [-0.4, -0.2) is 44.4 Å². The van der Waals surface area contributed by atoms with Crippen molar-refractivity contribution in [3.05, 3.63) is 42.6 Å². The number of hydrogen-bond acceptors (Lipinski definition) is 5. The van der Waals surface area contributed by atoms with Crippen molar-refractivity contribution in [2.75, 3.05) is 6.54 Å². The van der Waals surface area contributed by atoms with Crippen LogP contribution in [0.15, 0.2) is 36.9 Å². The number of ether oxygens (including phenoxy) is 1. The summed E-state index contributed by atoms with van der Waals surface area (Å²) >= 11 is 0. The van der Waals surface area contributed by atoms with Crippen LogP contribution in [0, 0.1) is 0 Å². The molecule has 2 heterocycles. The lowest BCUT2D eigenvalue weighted by Gasteiger charge is -2.17. The number of hydrogen-bond donors (Lipinski definition) is 2. The number of rotatable bonds is 7. The van der Waals surface area contributed by atoms with Crippen molar-refractivity contribution in [1.82, 2.24) is 14.5 Å². The normalized spacial score (nSPS) is 12.6. The molecule has 3 N–H and O–H groups in total. The zero-order chi connectivity index (χ0) is 15.2. The van der Waals surface area contributed by atoms with E-state index in [9.17, 15) is 9.90 Å². The highest BCUT2D eigenvalue weighted by atomic mass is 35.5. The van der Waals surface area contributed by atoms with Crippen LogP contribution in [0.25, 0.3) is 5.82 Å². The maximum absolute atomic E-state index is 11.2. The van der Waals surface area contributed by atoms with Crippen molar-refractivity contribution in [2.45, 2.75) is 25.6 Å². The molecule has 0 unspecified atom stereocenters. The predicted octanol–water partition coefficient (Wildman–Crippen LogP) is 1.47. The summed E-state index contributed by atoms with van der Waals surface area (Å²) in [5.74, 6) is -0.304. The second-order valence-corrected chi connectivity index (χ2v) is 4.67. The molecule has 128 valence electrons. The van der Waals surface area contributed by atoms with Gasteiger partial charge in [0, 0.05) is 25.4 Å². The lowest BCUT2D eigenvalue weighted by atomic mass is 10.2. The van der Waals surface area contributed by atoms with Gasteiger partial charge in [-0.25, -0.2) is 14.8 Å². The van der Waals surface area contributed by atoms with E-state index < -0.39 is 12.1 Å². The summed E-state index contributed by atoms with van der Waals surface area (Å²) in [7, 11) is 0. The number of nitrogens with zero attached hydrogens (tertiary/aromatic N) is 3. The van der Waals surface area contributed by atoms with E-state index in [2.05, 4.69) is 9.97 Å². The molecule has 0 radical (unpaired) electrons. The molecule has 2 rings (SSSR count). The fourth-order valence-electron chi connectivity index (χ4n) is 1.82. The quantitative estimate of drug-likeness (QED) is 0.772. The van der Waals surface area contributed by atoms with Gasteiger partial charge in [-0.05, 0) is 19.1 Å². The molecule has 0 saturated heterocycles. The number of aromatic nitrogens is 3. The highest BCUT2D eigenvalue weighted by Crippen LogP contribution is 2.10. The fourth-order valence-corrected chi connectivity index (χ4v) is 1.82. The largest absolute Gasteiger partial charge is 0.479 e. The lowest BCUT2D eigenvalue weighted by Crippen LogP contribution is -2.33. The Hall–Kier alpha value is -1.67. The van der Waals surface area contributed by atoms with Crippen LogP contribution in [0.2, 0.25) is 0 Å². The molecule has 0 aliphatic carbocycles. The Bertz CT molecular complexity index is 595. The molecule has 2 atom stereocenters. The van der Waals surface area contributed by atoms with E-state index in [1.165, 1.54) is 0 Å². The van der Waals surface area contributed by atoms with Gasteiger partial charge < -0.3 is 15.6 Å². The number of aliphatic carboxylic acids is 1. The third-order valence-electron chi connectivity index (χ3n) is 2.95. The summed E-state index contributed by atoms with van der Waals surface area (Å²) in [4.78, 5) is 19.6. The van der Waals surface area contributed by atoms with E-state index in [1.54, 1.807) is 30.2 Å². The first-order chi connectivity index (χ1) is 10.1. The smallest absolute Gasteiger partial charge is 0.333 e. The molecular weight excluding hydrogens is 343 g/mol. The fraction of sp³-hybridized carbons (Fsp3) is 0.357. The molecular formula is C14H20Cl2N4O3. The SMILES string of the molecule is C[C@H](CN)O[C@@H](Cc1cn(-c2ccccn2)cn1)C(=O)O.Cl.Cl. The molecule has 0 spiro atoms. The van der Waals surface area contributed by atoms with Gasteiger partial charge in [-0.2, -0.15) is 0 Å². The number of carboxylic acid groups (broad SMARTS) is 1. The van der Waals surface area contributed by atoms with Crippen molar-refractivity contribution in [1.29, 1.82) is 0 Å². The Morgan fingerprint density at radius 1 is 1.39 bits per heavy atom. The Morgan fingerprint density at radius 2 is 2.13 bits per heavy atom. The predicted molar refractivity (Wildman–Crippen MR) is 90.6 cm³/mol. The first-order valence-electron chi connectivity index (χ1n) is 6.62. The molecule has 0 aliphatic rings. The average molecular weight is 363 g/mol. The summed E-state index contributed by atoms with van der Waals surface area (Å²) in [6.45, 7) is 2.01. The van der Waals surface area contributed by atoms with Crippen molar-refractivity contribution in [3.63, 3.8) is 0 Å². The maximum atomic E-state index is 11.2. The first kappa shape index (κ1) is 21.3. The second-order valence-electron chi connectivity index (χ2n) is 4.67. The van der Waals surface area contributed by atoms with Gasteiger partial charge in [-0.3, -0.25) is 4.57 Å². The maximum Gasteiger partial charge on any atom is 0.333 e. The van der Waals surface area contributed by atoms with Crippen LogP contribution in [0.3, 0.4) is 0 Å². The molecule has 0 aromatic carbocycles. The minimum absolute atomic E-state index is 0. The van der Waals surface area contributed by atoms with E-state index in [0.717, 1.165) is 5.82 Å². The molecule has 0 saturated carbocycles. The number of halogens is 2. The van der Waals surface area contributed by atoms with Gasteiger partial charge in [0.15, 0.2) is 6.10 Å². The minimum Gasteiger partial charge on any atom is -0.479 e. The van der Waals surface area contributed by atoms with Gasteiger partial charge in [-0.15, -0.1) is 24.8 Å². The Balaban J connectivity index is 0.00000242. The number of nitrogens with two attached hydrogens (primary N) is 1. The Labute approximate surface area is 146 Å². The van der Waals surface area contributed by atoms with Gasteiger partial charge >= 0.3 is 5.97 Å². The highest BCUT2D eigenvalue weighted by Gasteiger charge is 2.22. The van der Waals surface area contributed by atoms with Crippen molar-refractivity contribution >= 4 is 30.8 Å². The molecule has 7 nitrogen and oxygen atoms in total. The average Bonchev–Trinajstić information content (AvgIpc) is 2.95. The zero-order valence-electron chi connectivity index (χ0n) is 12.5. The lowest BCUT2D eigenvalue weighted by molar-refractivity contribution is -0.153. The second kappa shape index (κ2) is 10.2. The van der Waals surface area contributed by atoms with Gasteiger partial charge in [0.1, 0.15) is 12.1 Å². The number of imidazole rings is 1. The molecule has 0 fully saturated rings. The van der Waals surface area contributed by atoms with Crippen LogP contribution in [-0.2, 0) is 16.0 Å². The summed E-state index contributed by atoms with van der Waals surface area (Å²) in [6, 6.07) is 5.53. The van der Waals surface area contributed by atoms with Crippen LogP contribution in [0.4, 0.5) is 0 Å². The molecule has 2 aromatic heterocycles. The number of pyridine rings is 1. The summed E-state index contributed by atoms with van der Waals surface area (Å²) in [6.07, 6.45) is 3.93. The molecule has 0 aliphatic heterocycles. The van der Waals surface area contributed by atoms with Crippen molar-refractivity contribution < 1.29 is 14.6 Å². The molecule has 9 heteroatoms. The standard InChI is InChI=1S/C14H18N4O3.2ClH/c1-10(7-15)21-12(14(19)20)6-11-8-18(9-17-11)13-4-2-3-5-16-13;;/h2-5,8-10,12H,6-7,15H2,1H3,(H,19,20);2*1H/t10-,12+;;/m1../s1. The summed E-state index contributed by atoms with van der Waals surface area (Å²) < 4.78 is 7.13. The van der Waals surface area contributed by atoms with Crippen LogP contribution in [0.5, 0.6) is 0 Å². The van der Waals surface area contributed by atoms with Crippen molar-refractivity contribution in [2.24, 2.45) is 5.73 Å². The van der Waals surface area contributed by atoms with E-state index in [4.69, 9.17) is 10.5 Å². The Morgan fingerprint density at radius 3 is 2.70 bits per heavy atom. The first-order valence-corrected chi connectivity index (χ1v) is 6.62. The van der Waals surface area contributed by atoms with Gasteiger partial charge in [-0.1, -0.05) is 6.07 Å². The zero-order valence-corrected chi connectivity index (χ0v) is 14.2. The van der Waals surface area contributed by atoms with Crippen LogP contribution >= 0.6 is 24.8 Å². The Kier molecular flexibility index (Phi) is 9.43. The van der Waals surface area contributed by atoms with E-state index in [-0.39, 0.29) is 43.9 Å². The monoisotopic (exact) mass is 362 g/mol. The highest BCUT2D eigenvalue weighted by molar-refractivity contribution is 5.85. The number of carboxylic acids is 1. The number of carbonyl (C=O) groups is 1. The third-order valence-corrected chi connectivity index (χ3v) is 2.95. The summed E-state index contributed by atoms with van der Waals surface area (Å²) in [5, 5.41) is 9.19. The van der Waals surface area contributed by atoms with Gasteiger partial charge in [0.05, 0.1) is 11.8 Å². The third kappa shape index (κ3) is 6.15. The van der Waals surface area contributed by atoms with Crippen LogP contribution < -0.4 is 5.73 Å². The van der Waals surface area contributed by atoms with E-state index >= 15 is 0 Å². The van der Waals surface area contributed by atoms with Gasteiger partial charge in [0.2, 0.25) is 0 Å². The summed E-state index contributed by atoms with van der Waals surface area (Å²) in [5.41, 5.74) is 6.07. The van der Waals surface area contributed by atoms with Gasteiger partial charge in [0.25, 0.3) is 0 Å². The molecule has 2 aromatic rings. The van der Waals surface area contributed by atoms with E-state index in [0.29, 0.717) is 5.69 Å². The van der Waals surface area contributed by atoms with Crippen molar-refractivity contribution in [3.8, 4) is 5.82 Å². The molecule has 0 bridgehead atoms.